The monoisotopic (exact) mass is 482 g/mol. The van der Waals surface area contributed by atoms with Gasteiger partial charge in [-0.05, 0) is 67.9 Å². The molecule has 0 spiro atoms. The Hall–Kier alpha value is -2.42. The highest BCUT2D eigenvalue weighted by Gasteiger charge is 2.35. The number of sulfonamides is 1. The number of amides is 1. The van der Waals surface area contributed by atoms with E-state index in [1.807, 2.05) is 29.2 Å². The molecule has 0 aromatic heterocycles. The number of piperazine rings is 1. The van der Waals surface area contributed by atoms with Crippen molar-refractivity contribution in [3.63, 3.8) is 0 Å². The van der Waals surface area contributed by atoms with Gasteiger partial charge >= 0.3 is 0 Å². The molecule has 7 nitrogen and oxygen atoms in total. The zero-order chi connectivity index (χ0) is 23.5. The van der Waals surface area contributed by atoms with Crippen molar-refractivity contribution < 1.29 is 13.2 Å². The lowest BCUT2D eigenvalue weighted by molar-refractivity contribution is -0.140. The highest BCUT2D eigenvalue weighted by atomic mass is 32.2. The molecule has 1 amide bonds. The summed E-state index contributed by atoms with van der Waals surface area (Å²) in [7, 11) is -3.58. The SMILES string of the molecule is O=C([C@H]1CC[C@H](NS(=O)(=O)c2ccc3c(c2)CCCN3)CC1)N1CCNCC1c1ccccc1. The summed E-state index contributed by atoms with van der Waals surface area (Å²) in [6.45, 7) is 3.21. The molecular weight excluding hydrogens is 448 g/mol. The fraction of sp³-hybridized carbons (Fsp3) is 0.500. The number of hydrogen-bond acceptors (Lipinski definition) is 5. The summed E-state index contributed by atoms with van der Waals surface area (Å²) in [5, 5.41) is 6.74. The molecule has 2 aliphatic heterocycles. The van der Waals surface area contributed by atoms with E-state index in [1.165, 1.54) is 0 Å². The molecule has 1 aliphatic carbocycles. The van der Waals surface area contributed by atoms with Gasteiger partial charge in [0.15, 0.2) is 0 Å². The summed E-state index contributed by atoms with van der Waals surface area (Å²) < 4.78 is 29.0. The molecule has 2 aromatic rings. The molecule has 1 saturated heterocycles. The van der Waals surface area contributed by atoms with Crippen LogP contribution in [0.3, 0.4) is 0 Å². The highest BCUT2D eigenvalue weighted by Crippen LogP contribution is 2.31. The Morgan fingerprint density at radius 1 is 1.00 bits per heavy atom. The molecule has 182 valence electrons. The topological polar surface area (TPSA) is 90.5 Å². The minimum Gasteiger partial charge on any atom is -0.385 e. The van der Waals surface area contributed by atoms with E-state index in [9.17, 15) is 13.2 Å². The Balaban J connectivity index is 1.20. The van der Waals surface area contributed by atoms with E-state index >= 15 is 0 Å². The molecule has 0 bridgehead atoms. The third kappa shape index (κ3) is 4.99. The van der Waals surface area contributed by atoms with Crippen molar-refractivity contribution in [2.45, 2.75) is 55.5 Å². The number of fused-ring (bicyclic) bond motifs is 1. The van der Waals surface area contributed by atoms with Crippen LogP contribution in [0.15, 0.2) is 53.4 Å². The molecule has 1 atom stereocenters. The average Bonchev–Trinajstić information content (AvgIpc) is 2.89. The van der Waals surface area contributed by atoms with Gasteiger partial charge in [0.05, 0.1) is 10.9 Å². The average molecular weight is 483 g/mol. The van der Waals surface area contributed by atoms with Gasteiger partial charge in [0, 0.05) is 43.8 Å². The van der Waals surface area contributed by atoms with Gasteiger partial charge in [0.1, 0.15) is 0 Å². The normalized spacial score (nSPS) is 25.3. The van der Waals surface area contributed by atoms with Crippen LogP contribution in [0.5, 0.6) is 0 Å². The predicted octanol–water partition coefficient (Wildman–Crippen LogP) is 3.05. The lowest BCUT2D eigenvalue weighted by Gasteiger charge is -2.40. The molecule has 0 radical (unpaired) electrons. The summed E-state index contributed by atoms with van der Waals surface area (Å²) in [5.41, 5.74) is 3.25. The summed E-state index contributed by atoms with van der Waals surface area (Å²) in [6, 6.07) is 15.5. The quantitative estimate of drug-likeness (QED) is 0.609. The lowest BCUT2D eigenvalue weighted by atomic mass is 9.85. The number of nitrogens with zero attached hydrogens (tertiary/aromatic N) is 1. The number of anilines is 1. The number of carbonyl (C=O) groups excluding carboxylic acids is 1. The Labute approximate surface area is 202 Å². The largest absolute Gasteiger partial charge is 0.385 e. The number of carbonyl (C=O) groups is 1. The fourth-order valence-electron chi connectivity index (χ4n) is 5.54. The second-order valence-electron chi connectivity index (χ2n) is 9.68. The van der Waals surface area contributed by atoms with Gasteiger partial charge in [0.2, 0.25) is 15.9 Å². The zero-order valence-electron chi connectivity index (χ0n) is 19.5. The first-order valence-corrected chi connectivity index (χ1v) is 13.9. The van der Waals surface area contributed by atoms with Crippen molar-refractivity contribution in [1.82, 2.24) is 14.9 Å². The zero-order valence-corrected chi connectivity index (χ0v) is 20.3. The lowest BCUT2D eigenvalue weighted by Crippen LogP contribution is -2.51. The maximum atomic E-state index is 13.4. The van der Waals surface area contributed by atoms with Crippen molar-refractivity contribution in [3.05, 3.63) is 59.7 Å². The van der Waals surface area contributed by atoms with Gasteiger partial charge in [-0.2, -0.15) is 0 Å². The van der Waals surface area contributed by atoms with E-state index in [0.717, 1.165) is 49.3 Å². The highest BCUT2D eigenvalue weighted by molar-refractivity contribution is 7.89. The van der Waals surface area contributed by atoms with Gasteiger partial charge in [-0.1, -0.05) is 30.3 Å². The first-order valence-electron chi connectivity index (χ1n) is 12.5. The Kier molecular flexibility index (Phi) is 6.90. The third-order valence-electron chi connectivity index (χ3n) is 7.43. The molecular formula is C26H34N4O3S. The first kappa shape index (κ1) is 23.3. The Morgan fingerprint density at radius 2 is 1.79 bits per heavy atom. The van der Waals surface area contributed by atoms with Gasteiger partial charge in [0.25, 0.3) is 0 Å². The van der Waals surface area contributed by atoms with E-state index in [1.54, 1.807) is 12.1 Å². The van der Waals surface area contributed by atoms with Crippen LogP contribution in [0.25, 0.3) is 0 Å². The van der Waals surface area contributed by atoms with E-state index in [-0.39, 0.29) is 23.9 Å². The second kappa shape index (κ2) is 10.1. The van der Waals surface area contributed by atoms with Crippen molar-refractivity contribution in [1.29, 1.82) is 0 Å². The van der Waals surface area contributed by atoms with Gasteiger partial charge in [-0.25, -0.2) is 13.1 Å². The van der Waals surface area contributed by atoms with Gasteiger partial charge < -0.3 is 15.5 Å². The summed E-state index contributed by atoms with van der Waals surface area (Å²) in [4.78, 5) is 15.8. The number of hydrogen-bond donors (Lipinski definition) is 3. The van der Waals surface area contributed by atoms with E-state index in [0.29, 0.717) is 37.1 Å². The van der Waals surface area contributed by atoms with Crippen molar-refractivity contribution >= 4 is 21.6 Å². The molecule has 34 heavy (non-hydrogen) atoms. The number of nitrogens with one attached hydrogen (secondary N) is 3. The molecule has 2 aromatic carbocycles. The maximum Gasteiger partial charge on any atom is 0.240 e. The molecule has 2 heterocycles. The molecule has 5 rings (SSSR count). The van der Waals surface area contributed by atoms with Crippen molar-refractivity contribution in [2.75, 3.05) is 31.5 Å². The molecule has 1 saturated carbocycles. The molecule has 1 unspecified atom stereocenters. The first-order chi connectivity index (χ1) is 16.5. The molecule has 3 aliphatic rings. The van der Waals surface area contributed by atoms with Crippen LogP contribution >= 0.6 is 0 Å². The number of aryl methyl sites for hydroxylation is 1. The van der Waals surface area contributed by atoms with Crippen LogP contribution in [-0.2, 0) is 21.2 Å². The molecule has 8 heteroatoms. The van der Waals surface area contributed by atoms with Crippen LogP contribution in [0, 0.1) is 5.92 Å². The molecule has 3 N–H and O–H groups in total. The summed E-state index contributed by atoms with van der Waals surface area (Å²) >= 11 is 0. The predicted molar refractivity (Wildman–Crippen MR) is 133 cm³/mol. The van der Waals surface area contributed by atoms with Crippen LogP contribution in [0.1, 0.15) is 49.3 Å². The molecule has 2 fully saturated rings. The fourth-order valence-corrected chi connectivity index (χ4v) is 6.89. The van der Waals surface area contributed by atoms with Crippen LogP contribution < -0.4 is 15.4 Å². The van der Waals surface area contributed by atoms with Crippen LogP contribution in [0.4, 0.5) is 5.69 Å². The second-order valence-corrected chi connectivity index (χ2v) is 11.4. The minimum absolute atomic E-state index is 0.0418. The van der Waals surface area contributed by atoms with Gasteiger partial charge in [-0.3, -0.25) is 4.79 Å². The van der Waals surface area contributed by atoms with Crippen molar-refractivity contribution in [2.24, 2.45) is 5.92 Å². The van der Waals surface area contributed by atoms with E-state index < -0.39 is 10.0 Å². The van der Waals surface area contributed by atoms with Crippen molar-refractivity contribution in [3.8, 4) is 0 Å². The smallest absolute Gasteiger partial charge is 0.240 e. The summed E-state index contributed by atoms with van der Waals surface area (Å²) in [6.07, 6.45) is 4.71. The number of rotatable bonds is 5. The standard InChI is InChI=1S/C26H34N4O3S/c31-26(30-16-15-27-18-25(30)19-5-2-1-3-6-19)20-8-10-22(11-9-20)29-34(32,33)23-12-13-24-21(17-23)7-4-14-28-24/h1-3,5-6,12-13,17,20,22,25,27-29H,4,7-11,14-16,18H2/t20-,22-,25?. The van der Waals surface area contributed by atoms with Crippen LogP contribution in [-0.4, -0.2) is 51.4 Å². The van der Waals surface area contributed by atoms with Crippen LogP contribution in [0.2, 0.25) is 0 Å². The minimum atomic E-state index is -3.58. The number of benzene rings is 2. The maximum absolute atomic E-state index is 13.4. The van der Waals surface area contributed by atoms with E-state index in [4.69, 9.17) is 0 Å². The van der Waals surface area contributed by atoms with Gasteiger partial charge in [-0.15, -0.1) is 0 Å². The van der Waals surface area contributed by atoms with E-state index in [2.05, 4.69) is 27.5 Å². The summed E-state index contributed by atoms with van der Waals surface area (Å²) in [5.74, 6) is 0.165. The Morgan fingerprint density at radius 3 is 2.59 bits per heavy atom. The third-order valence-corrected chi connectivity index (χ3v) is 8.95. The Bertz CT molecular complexity index is 1110.